The summed E-state index contributed by atoms with van der Waals surface area (Å²) in [7, 11) is 1.78. The number of carbonyl (C=O) groups excluding carboxylic acids is 7. The van der Waals surface area contributed by atoms with E-state index in [-0.39, 0.29) is 78.0 Å². The van der Waals surface area contributed by atoms with Crippen LogP contribution in [0.25, 0.3) is 83.3 Å². The smallest absolute Gasteiger partial charge is 0.414 e. The highest BCUT2D eigenvalue weighted by atomic mass is 32.2. The Bertz CT molecular complexity index is 6810. The lowest BCUT2D eigenvalue weighted by Crippen LogP contribution is -2.33. The van der Waals surface area contributed by atoms with Gasteiger partial charge >= 0.3 is 43.1 Å². The normalized spacial score (nSPS) is 17.5. The van der Waals surface area contributed by atoms with Crippen molar-refractivity contribution in [3.05, 3.63) is 267 Å². The van der Waals surface area contributed by atoms with Crippen LogP contribution in [-0.4, -0.2) is 180 Å². The Hall–Kier alpha value is -15.7. The van der Waals surface area contributed by atoms with Gasteiger partial charge in [-0.15, -0.1) is 11.8 Å². The summed E-state index contributed by atoms with van der Waals surface area (Å²) in [4.78, 5) is 103. The van der Waals surface area contributed by atoms with Gasteiger partial charge in [0.1, 0.15) is 71.4 Å². The number of ether oxygens (including phenoxy) is 6. The van der Waals surface area contributed by atoms with Gasteiger partial charge in [0.05, 0.1) is 122 Å². The molecule has 139 heavy (non-hydrogen) atoms. The van der Waals surface area contributed by atoms with Crippen LogP contribution in [0.4, 0.5) is 98.0 Å². The molecule has 6 atom stereocenters. The lowest BCUT2D eigenvalue weighted by atomic mass is 10.0. The number of amides is 7. The predicted octanol–water partition coefficient (Wildman–Crippen LogP) is 21.5. The first-order chi connectivity index (χ1) is 67.1. The van der Waals surface area contributed by atoms with Crippen molar-refractivity contribution in [2.24, 2.45) is 7.05 Å². The van der Waals surface area contributed by atoms with Crippen molar-refractivity contribution in [1.29, 1.82) is 0 Å². The van der Waals surface area contributed by atoms with Crippen molar-refractivity contribution in [3.8, 4) is 66.9 Å². The van der Waals surface area contributed by atoms with Gasteiger partial charge in [-0.05, 0) is 165 Å². The lowest BCUT2D eigenvalue weighted by Gasteiger charge is -2.14. The van der Waals surface area contributed by atoms with Gasteiger partial charge in [0.15, 0.2) is 5.82 Å². The lowest BCUT2D eigenvalue weighted by molar-refractivity contribution is -0.119. The zero-order valence-corrected chi connectivity index (χ0v) is 77.2. The average Bonchev–Trinajstić information content (AvgIpc) is 1.70. The number of aromatic nitrogens is 10. The number of aryl methyl sites for hydroxylation is 1. The fourth-order valence-electron chi connectivity index (χ4n) is 15.9. The second kappa shape index (κ2) is 44.0. The van der Waals surface area contributed by atoms with Gasteiger partial charge in [-0.1, -0.05) is 77.1 Å². The van der Waals surface area contributed by atoms with E-state index in [1.165, 1.54) is 95.8 Å². The number of H-pyrrole nitrogens is 1. The van der Waals surface area contributed by atoms with Crippen LogP contribution in [-0.2, 0) is 40.3 Å². The van der Waals surface area contributed by atoms with Gasteiger partial charge in [0.25, 0.3) is 0 Å². The van der Waals surface area contributed by atoms with Crippen molar-refractivity contribution in [3.63, 3.8) is 0 Å². The third kappa shape index (κ3) is 22.7. The fourth-order valence-corrected chi connectivity index (χ4v) is 16.3. The number of rotatable bonds is 21. The predicted molar refractivity (Wildman–Crippen MR) is 506 cm³/mol. The molecule has 7 aromatic carbocycles. The summed E-state index contributed by atoms with van der Waals surface area (Å²) in [5.74, 6) is -2.87. The van der Waals surface area contributed by atoms with Gasteiger partial charge in [-0.25, -0.2) is 59.8 Å². The second-order valence-electron chi connectivity index (χ2n) is 32.6. The first kappa shape index (κ1) is 97.8. The highest BCUT2D eigenvalue weighted by molar-refractivity contribution is 7.98. The maximum absolute atomic E-state index is 14.7. The molecular formula is C100H95F8N17O13S. The number of aromatic amines is 1. The topological polar surface area (TPSA) is 314 Å². The first-order valence-electron chi connectivity index (χ1n) is 44.6. The van der Waals surface area contributed by atoms with E-state index in [0.29, 0.717) is 122 Å². The zero-order chi connectivity index (χ0) is 98.4. The number of nitrogens with zero attached hydrogens (tertiary/aromatic N) is 15. The molecule has 0 saturated carbocycles. The number of halogens is 8. The average molecular weight is 1930 g/mol. The maximum Gasteiger partial charge on any atom is 0.414 e. The summed E-state index contributed by atoms with van der Waals surface area (Å²) in [5, 5.41) is 19.2. The molecule has 7 aromatic heterocycles. The van der Waals surface area contributed by atoms with E-state index in [1.54, 1.807) is 128 Å². The molecule has 6 saturated heterocycles. The number of nitrogens with one attached hydrogen (secondary N) is 2. The van der Waals surface area contributed by atoms with Gasteiger partial charge < -0.3 is 38.7 Å². The monoisotopic (exact) mass is 1930 g/mol. The third-order valence-corrected chi connectivity index (χ3v) is 24.2. The Morgan fingerprint density at radius 3 is 1.24 bits per heavy atom. The quantitative estimate of drug-likeness (QED) is 0.0383. The Morgan fingerprint density at radius 2 is 0.835 bits per heavy atom. The van der Waals surface area contributed by atoms with Crippen LogP contribution in [0.2, 0.25) is 0 Å². The van der Waals surface area contributed by atoms with Crippen molar-refractivity contribution >= 4 is 105 Å². The summed E-state index contributed by atoms with van der Waals surface area (Å²) < 4.78 is 147. The molecular weight excluding hydrogens is 1830 g/mol. The van der Waals surface area contributed by atoms with E-state index in [1.807, 2.05) is 108 Å². The number of carbonyl (C=O) groups is 7. The Labute approximate surface area is 796 Å². The molecule has 6 aliphatic rings. The van der Waals surface area contributed by atoms with E-state index in [0.717, 1.165) is 58.8 Å². The standard InChI is InChI=1S/C18H18FN3O3S.C18H16FN3O2.C17H15FN4O2.C17H16FNO2.C15H14F3N3O2.C15H16FN3O2/c1-11(23)20-9-14-10-22(18(24)25-14)13-7-16(19)17(21-8-13)12-3-5-15(26-2)6-4-12;1-2-12-10-22(18(23)24-12)11-3-4-13(16(19)7-11)15-8-20-9-17-14(15)5-6-21-17;1-2-12-10-21(17(23)24-12)11-5-6-13(15(18)8-11)14-9-20-22-16(14)4-3-7-19-22;1-2-14-11-19(17(20)21-14)13-8-9-15(16(18)10-13)12-6-4-3-5-7-12;1-2-11-8-20(15(22)23-11)10-3-4-12(13(16)5-10)9-6-19-21(7-9)14(17)18;1-3-12-9-19(15(20)21-12)11-4-5-13(14(16)6-11)10-7-17-18(2)8-10/h3-8,14H,9-10H2,1-2H3,(H,20,23);3-9,12,21H,2,10H2,1H3;3-9,12H,2,10H2,1H3;3-10,14H,2,11H2,1H3;3-7,11,14H,2,8H2,1H3;4-8,12H,3,9H2,1-2H3/t14-;2*12-;14-;11-;12-/m000000/s1. The second-order valence-corrected chi connectivity index (χ2v) is 33.5. The highest BCUT2D eigenvalue weighted by Gasteiger charge is 2.39. The number of cyclic esters (lactones) is 6. The molecule has 2 N–H and O–H groups in total. The molecule has 39 heteroatoms. The molecule has 720 valence electrons. The number of fused-ring (bicyclic) bond motifs is 2. The zero-order valence-electron chi connectivity index (χ0n) is 76.4. The Morgan fingerprint density at radius 1 is 0.417 bits per heavy atom. The summed E-state index contributed by atoms with van der Waals surface area (Å²) in [6, 6.07) is 46.8. The summed E-state index contributed by atoms with van der Waals surface area (Å²) in [6.07, 6.45) is 17.0. The number of hydrogen-bond acceptors (Lipinski definition) is 20. The van der Waals surface area contributed by atoms with Crippen LogP contribution in [0, 0.1) is 34.9 Å². The molecule has 14 aromatic rings. The van der Waals surface area contributed by atoms with Crippen LogP contribution in [0.3, 0.4) is 0 Å². The minimum atomic E-state index is -2.78. The van der Waals surface area contributed by atoms with E-state index in [9.17, 15) is 68.7 Å². The number of alkyl halides is 2. The minimum Gasteiger partial charge on any atom is -0.444 e. The van der Waals surface area contributed by atoms with Gasteiger partial charge in [0.2, 0.25) is 5.91 Å². The van der Waals surface area contributed by atoms with Crippen LogP contribution in [0.1, 0.15) is 80.2 Å². The molecule has 0 aliphatic carbocycles. The Balaban J connectivity index is 0.000000126. The van der Waals surface area contributed by atoms with Crippen LogP contribution in [0.15, 0.2) is 237 Å². The fraction of sp³-hybridized carbons (Fsp3) is 0.270. The molecule has 0 unspecified atom stereocenters. The molecule has 0 spiro atoms. The van der Waals surface area contributed by atoms with Crippen molar-refractivity contribution in [2.45, 2.75) is 122 Å². The molecule has 6 fully saturated rings. The maximum atomic E-state index is 14.7. The summed E-state index contributed by atoms with van der Waals surface area (Å²) in [6.45, 7) is 10.9. The van der Waals surface area contributed by atoms with Crippen molar-refractivity contribution in [2.75, 3.05) is 81.5 Å². The molecule has 30 nitrogen and oxygen atoms in total. The molecule has 20 rings (SSSR count). The molecule has 13 heterocycles. The number of thioether (sulfide) groups is 1. The number of pyridine rings is 2. The number of anilines is 6. The summed E-state index contributed by atoms with van der Waals surface area (Å²) in [5.41, 5.74) is 10.3. The SMILES string of the molecule is CC[C@H]1CN(c2ccc(-c3ccccc3)c(F)c2)C(=O)O1.CC[C@H]1CN(c2ccc(-c3cncc4[nH]ccc34)c(F)c2)C(=O)O1.CC[C@H]1CN(c2ccc(-c3cnn(C(F)F)c3)c(F)c2)C(=O)O1.CC[C@H]1CN(c2ccc(-c3cnn(C)c3)c(F)c2)C(=O)O1.CC[C@H]1CN(c2ccc(-c3cnn4ncccc34)c(F)c2)C(=O)O1.CSc1ccc(-c2ncc(N3C[C@H](CNC(C)=O)OC3=O)cc2F)cc1. The van der Waals surface area contributed by atoms with Crippen LogP contribution < -0.4 is 34.7 Å². The molecule has 7 amide bonds. The van der Waals surface area contributed by atoms with Gasteiger partial charge in [0, 0.05) is 117 Å². The van der Waals surface area contributed by atoms with Crippen molar-refractivity contribution < 1.29 is 97.1 Å². The molecule has 0 radical (unpaired) electrons. The summed E-state index contributed by atoms with van der Waals surface area (Å²) >= 11 is 1.60. The molecule has 6 aliphatic heterocycles. The minimum absolute atomic E-state index is 0.116. The van der Waals surface area contributed by atoms with E-state index < -0.39 is 72.5 Å². The van der Waals surface area contributed by atoms with Crippen LogP contribution >= 0.6 is 11.8 Å². The largest absolute Gasteiger partial charge is 0.444 e. The number of benzene rings is 7. The van der Waals surface area contributed by atoms with Gasteiger partial charge in [-0.2, -0.15) is 33.8 Å². The third-order valence-electron chi connectivity index (χ3n) is 23.5. The highest BCUT2D eigenvalue weighted by Crippen LogP contribution is 2.39. The van der Waals surface area contributed by atoms with E-state index in [2.05, 4.69) is 40.7 Å². The molecule has 0 bridgehead atoms. The van der Waals surface area contributed by atoms with E-state index >= 15 is 0 Å². The van der Waals surface area contributed by atoms with E-state index in [4.69, 9.17) is 28.4 Å². The number of hydrogen-bond donors (Lipinski definition) is 2. The van der Waals surface area contributed by atoms with Crippen LogP contribution in [0.5, 0.6) is 0 Å². The van der Waals surface area contributed by atoms with Crippen molar-refractivity contribution in [1.82, 2.24) is 54.7 Å². The van der Waals surface area contributed by atoms with Gasteiger partial charge in [-0.3, -0.25) is 48.8 Å². The Kier molecular flexibility index (Phi) is 30.9. The first-order valence-corrected chi connectivity index (χ1v) is 45.8.